The summed E-state index contributed by atoms with van der Waals surface area (Å²) in [5, 5.41) is 9.41. The molecule has 0 saturated carbocycles. The number of hydrogen-bond donors (Lipinski definition) is 2. The molecular formula is C5H4FNO2S. The van der Waals surface area contributed by atoms with E-state index in [0.717, 1.165) is 16.7 Å². The van der Waals surface area contributed by atoms with E-state index in [-0.39, 0.29) is 10.6 Å². The molecule has 0 aliphatic heterocycles. The van der Waals surface area contributed by atoms with Gasteiger partial charge in [0.2, 0.25) is 0 Å². The fourth-order valence-corrected chi connectivity index (χ4v) is 1.19. The third-order valence-corrected chi connectivity index (χ3v) is 1.93. The quantitative estimate of drug-likeness (QED) is 0.649. The summed E-state index contributed by atoms with van der Waals surface area (Å²) in [6.07, 6.45) is 0. The summed E-state index contributed by atoms with van der Waals surface area (Å²) >= 11 is 0.785. The minimum Gasteiger partial charge on any atom is -0.477 e. The first-order chi connectivity index (χ1) is 4.63. The van der Waals surface area contributed by atoms with E-state index in [1.165, 1.54) is 0 Å². The molecule has 1 heterocycles. The van der Waals surface area contributed by atoms with Crippen molar-refractivity contribution >= 4 is 23.0 Å². The Hall–Kier alpha value is -1.10. The standard InChI is InChI=1S/C5H4FNO2S/c6-2-1-10-4(3(2)7)5(8)9/h1H,7H2,(H,8,9). The SMILES string of the molecule is Nc1c(F)csc1C(=O)O. The topological polar surface area (TPSA) is 63.3 Å². The van der Waals surface area contributed by atoms with Crippen LogP contribution in [0, 0.1) is 5.82 Å². The van der Waals surface area contributed by atoms with Gasteiger partial charge in [-0.25, -0.2) is 9.18 Å². The number of carboxylic acids is 1. The van der Waals surface area contributed by atoms with Crippen LogP contribution in [0.1, 0.15) is 9.67 Å². The number of thiophene rings is 1. The van der Waals surface area contributed by atoms with Crippen LogP contribution in [0.15, 0.2) is 5.38 Å². The molecule has 54 valence electrons. The largest absolute Gasteiger partial charge is 0.477 e. The third kappa shape index (κ3) is 0.950. The van der Waals surface area contributed by atoms with Gasteiger partial charge in [-0.05, 0) is 0 Å². The second kappa shape index (κ2) is 2.26. The smallest absolute Gasteiger partial charge is 0.348 e. The highest BCUT2D eigenvalue weighted by atomic mass is 32.1. The molecule has 0 spiro atoms. The van der Waals surface area contributed by atoms with Crippen LogP contribution >= 0.6 is 11.3 Å². The number of aromatic carboxylic acids is 1. The molecule has 1 aromatic heterocycles. The summed E-state index contributed by atoms with van der Waals surface area (Å²) < 4.78 is 12.3. The lowest BCUT2D eigenvalue weighted by atomic mass is 10.4. The fourth-order valence-electron chi connectivity index (χ4n) is 0.512. The molecule has 10 heavy (non-hydrogen) atoms. The van der Waals surface area contributed by atoms with Crippen molar-refractivity contribution in [1.29, 1.82) is 0 Å². The molecule has 5 heteroatoms. The zero-order valence-electron chi connectivity index (χ0n) is 4.80. The number of halogens is 1. The van der Waals surface area contributed by atoms with Gasteiger partial charge in [0.15, 0.2) is 5.82 Å². The lowest BCUT2D eigenvalue weighted by molar-refractivity contribution is 0.0703. The lowest BCUT2D eigenvalue weighted by Crippen LogP contribution is -1.98. The molecule has 1 aromatic rings. The molecule has 0 aliphatic carbocycles. The van der Waals surface area contributed by atoms with Gasteiger partial charge in [-0.3, -0.25) is 0 Å². The van der Waals surface area contributed by atoms with Crippen molar-refractivity contribution in [2.24, 2.45) is 0 Å². The second-order valence-electron chi connectivity index (χ2n) is 1.63. The van der Waals surface area contributed by atoms with Crippen molar-refractivity contribution < 1.29 is 14.3 Å². The molecule has 0 radical (unpaired) electrons. The van der Waals surface area contributed by atoms with Crippen LogP contribution in [-0.4, -0.2) is 11.1 Å². The van der Waals surface area contributed by atoms with Gasteiger partial charge in [-0.15, -0.1) is 11.3 Å². The Kier molecular flexibility index (Phi) is 1.58. The van der Waals surface area contributed by atoms with E-state index in [1.807, 2.05) is 0 Å². The van der Waals surface area contributed by atoms with Crippen LogP contribution in [0.5, 0.6) is 0 Å². The monoisotopic (exact) mass is 161 g/mol. The van der Waals surface area contributed by atoms with E-state index >= 15 is 0 Å². The van der Waals surface area contributed by atoms with E-state index in [4.69, 9.17) is 10.8 Å². The van der Waals surface area contributed by atoms with Crippen molar-refractivity contribution in [3.8, 4) is 0 Å². The Balaban J connectivity index is 3.17. The number of rotatable bonds is 1. The van der Waals surface area contributed by atoms with E-state index in [2.05, 4.69) is 0 Å². The molecule has 0 aliphatic rings. The molecule has 0 unspecified atom stereocenters. The van der Waals surface area contributed by atoms with Gasteiger partial charge in [0.05, 0.1) is 5.69 Å². The highest BCUT2D eigenvalue weighted by molar-refractivity contribution is 7.12. The first-order valence-corrected chi connectivity index (χ1v) is 3.26. The first kappa shape index (κ1) is 7.01. The van der Waals surface area contributed by atoms with Crippen LogP contribution in [0.25, 0.3) is 0 Å². The van der Waals surface area contributed by atoms with Crippen LogP contribution in [0.2, 0.25) is 0 Å². The lowest BCUT2D eigenvalue weighted by Gasteiger charge is -1.88. The predicted octanol–water partition coefficient (Wildman–Crippen LogP) is 1.17. The maximum Gasteiger partial charge on any atom is 0.348 e. The predicted molar refractivity (Wildman–Crippen MR) is 35.6 cm³/mol. The van der Waals surface area contributed by atoms with Crippen LogP contribution in [-0.2, 0) is 0 Å². The zero-order valence-corrected chi connectivity index (χ0v) is 5.61. The Morgan fingerprint density at radius 2 is 2.40 bits per heavy atom. The maximum atomic E-state index is 12.3. The van der Waals surface area contributed by atoms with E-state index in [9.17, 15) is 9.18 Å². The minimum absolute atomic E-state index is 0.141. The average molecular weight is 161 g/mol. The van der Waals surface area contributed by atoms with Gasteiger partial charge in [0.1, 0.15) is 4.88 Å². The molecule has 0 fully saturated rings. The normalized spacial score (nSPS) is 9.70. The molecule has 0 aromatic carbocycles. The fraction of sp³-hybridized carbons (Fsp3) is 0. The second-order valence-corrected chi connectivity index (χ2v) is 2.51. The minimum atomic E-state index is -1.19. The van der Waals surface area contributed by atoms with Crippen LogP contribution < -0.4 is 5.73 Å². The maximum absolute atomic E-state index is 12.3. The molecule has 0 atom stereocenters. The van der Waals surface area contributed by atoms with Crippen molar-refractivity contribution in [2.75, 3.05) is 5.73 Å². The Morgan fingerprint density at radius 3 is 2.60 bits per heavy atom. The number of hydrogen-bond acceptors (Lipinski definition) is 3. The Morgan fingerprint density at radius 1 is 1.80 bits per heavy atom. The summed E-state index contributed by atoms with van der Waals surface area (Å²) in [5.41, 5.74) is 4.78. The summed E-state index contributed by atoms with van der Waals surface area (Å²) in [5.74, 6) is -1.85. The molecule has 0 bridgehead atoms. The van der Waals surface area contributed by atoms with Gasteiger partial charge in [-0.2, -0.15) is 0 Å². The average Bonchev–Trinajstić information content (AvgIpc) is 2.14. The number of carboxylic acid groups (broad SMARTS) is 1. The van der Waals surface area contributed by atoms with Gasteiger partial charge in [0.25, 0.3) is 0 Å². The van der Waals surface area contributed by atoms with Crippen molar-refractivity contribution in [1.82, 2.24) is 0 Å². The highest BCUT2D eigenvalue weighted by Gasteiger charge is 2.13. The van der Waals surface area contributed by atoms with Crippen molar-refractivity contribution in [2.45, 2.75) is 0 Å². The van der Waals surface area contributed by atoms with Gasteiger partial charge in [-0.1, -0.05) is 0 Å². The van der Waals surface area contributed by atoms with E-state index < -0.39 is 11.8 Å². The molecule has 1 rings (SSSR count). The summed E-state index contributed by atoms with van der Waals surface area (Å²) in [6, 6.07) is 0. The summed E-state index contributed by atoms with van der Waals surface area (Å²) in [7, 11) is 0. The third-order valence-electron chi connectivity index (χ3n) is 0.976. The number of nitrogen functional groups attached to an aromatic ring is 1. The van der Waals surface area contributed by atoms with E-state index in [0.29, 0.717) is 0 Å². The number of carbonyl (C=O) groups is 1. The van der Waals surface area contributed by atoms with Crippen LogP contribution in [0.3, 0.4) is 0 Å². The zero-order chi connectivity index (χ0) is 7.72. The van der Waals surface area contributed by atoms with Crippen molar-refractivity contribution in [3.63, 3.8) is 0 Å². The van der Waals surface area contributed by atoms with Gasteiger partial charge < -0.3 is 10.8 Å². The summed E-state index contributed by atoms with van der Waals surface area (Å²) in [4.78, 5) is 10.1. The van der Waals surface area contributed by atoms with Gasteiger partial charge in [0, 0.05) is 5.38 Å². The van der Waals surface area contributed by atoms with Gasteiger partial charge >= 0.3 is 5.97 Å². The number of nitrogens with two attached hydrogens (primary N) is 1. The highest BCUT2D eigenvalue weighted by Crippen LogP contribution is 2.22. The molecule has 3 N–H and O–H groups in total. The molecule has 0 amide bonds. The van der Waals surface area contributed by atoms with Crippen molar-refractivity contribution in [3.05, 3.63) is 16.1 Å². The van der Waals surface area contributed by atoms with E-state index in [1.54, 1.807) is 0 Å². The van der Waals surface area contributed by atoms with Crippen LogP contribution in [0.4, 0.5) is 10.1 Å². The summed E-state index contributed by atoms with van der Waals surface area (Å²) in [6.45, 7) is 0. The Labute approximate surface area is 59.9 Å². The Bertz CT molecular complexity index is 271. The first-order valence-electron chi connectivity index (χ1n) is 2.38. The molecule has 0 saturated heterocycles. The molecule has 3 nitrogen and oxygen atoms in total. The molecular weight excluding hydrogens is 157 g/mol. The number of anilines is 1.